The van der Waals surface area contributed by atoms with E-state index in [1.54, 1.807) is 14.2 Å². The van der Waals surface area contributed by atoms with Gasteiger partial charge in [0, 0.05) is 17.1 Å². The molecule has 0 spiro atoms. The van der Waals surface area contributed by atoms with Crippen molar-refractivity contribution in [3.8, 4) is 5.75 Å². The van der Waals surface area contributed by atoms with E-state index >= 15 is 0 Å². The van der Waals surface area contributed by atoms with Gasteiger partial charge in [0.15, 0.2) is 0 Å². The monoisotopic (exact) mass is 259 g/mol. The van der Waals surface area contributed by atoms with Crippen LogP contribution in [0.2, 0.25) is 0 Å². The molecule has 0 unspecified atom stereocenters. The SMILES string of the molecule is COc1c(C)ccc(Br)c1CN(C)O. The Bertz CT molecular complexity index is 326. The summed E-state index contributed by atoms with van der Waals surface area (Å²) in [5, 5.41) is 10.3. The number of hydrogen-bond acceptors (Lipinski definition) is 3. The summed E-state index contributed by atoms with van der Waals surface area (Å²) in [5.74, 6) is 0.820. The van der Waals surface area contributed by atoms with Gasteiger partial charge < -0.3 is 9.94 Å². The van der Waals surface area contributed by atoms with Gasteiger partial charge in [-0.05, 0) is 18.6 Å². The Morgan fingerprint density at radius 3 is 2.64 bits per heavy atom. The zero-order chi connectivity index (χ0) is 10.7. The minimum atomic E-state index is 0.436. The van der Waals surface area contributed by atoms with Crippen molar-refractivity contribution in [1.29, 1.82) is 0 Å². The lowest BCUT2D eigenvalue weighted by atomic mass is 10.1. The quantitative estimate of drug-likeness (QED) is 0.848. The van der Waals surface area contributed by atoms with Crippen molar-refractivity contribution >= 4 is 15.9 Å². The van der Waals surface area contributed by atoms with Crippen molar-refractivity contribution in [3.05, 3.63) is 27.7 Å². The summed E-state index contributed by atoms with van der Waals surface area (Å²) in [6.45, 7) is 2.41. The molecule has 0 aromatic heterocycles. The van der Waals surface area contributed by atoms with E-state index in [4.69, 9.17) is 4.74 Å². The standard InChI is InChI=1S/C10H14BrNO2/c1-7-4-5-9(11)8(6-12(2)13)10(7)14-3/h4-5,13H,6H2,1-3H3. The third-order valence-corrected chi connectivity index (χ3v) is 2.73. The maximum atomic E-state index is 9.20. The van der Waals surface area contributed by atoms with Crippen LogP contribution in [0, 0.1) is 6.92 Å². The summed E-state index contributed by atoms with van der Waals surface area (Å²) >= 11 is 3.43. The van der Waals surface area contributed by atoms with Crippen molar-refractivity contribution < 1.29 is 9.94 Å². The lowest BCUT2D eigenvalue weighted by Crippen LogP contribution is -2.13. The van der Waals surface area contributed by atoms with Crippen molar-refractivity contribution in [2.45, 2.75) is 13.5 Å². The van der Waals surface area contributed by atoms with Gasteiger partial charge in [0.2, 0.25) is 0 Å². The van der Waals surface area contributed by atoms with E-state index in [9.17, 15) is 5.21 Å². The number of nitrogens with zero attached hydrogens (tertiary/aromatic N) is 1. The Morgan fingerprint density at radius 2 is 2.14 bits per heavy atom. The van der Waals surface area contributed by atoms with E-state index in [1.807, 2.05) is 19.1 Å². The minimum Gasteiger partial charge on any atom is -0.496 e. The molecular formula is C10H14BrNO2. The Balaban J connectivity index is 3.16. The van der Waals surface area contributed by atoms with Crippen LogP contribution in [-0.2, 0) is 6.54 Å². The number of ether oxygens (including phenoxy) is 1. The molecule has 0 atom stereocenters. The second-order valence-corrected chi connectivity index (χ2v) is 4.05. The molecule has 0 fully saturated rings. The molecule has 0 aliphatic carbocycles. The van der Waals surface area contributed by atoms with Gasteiger partial charge in [0.1, 0.15) is 5.75 Å². The topological polar surface area (TPSA) is 32.7 Å². The van der Waals surface area contributed by atoms with Gasteiger partial charge in [-0.15, -0.1) is 0 Å². The molecule has 0 radical (unpaired) electrons. The zero-order valence-electron chi connectivity index (χ0n) is 8.54. The molecule has 78 valence electrons. The first-order valence-electron chi connectivity index (χ1n) is 4.28. The first kappa shape index (κ1) is 11.5. The van der Waals surface area contributed by atoms with Crippen molar-refractivity contribution in [2.24, 2.45) is 0 Å². The second kappa shape index (κ2) is 4.77. The van der Waals surface area contributed by atoms with Crippen LogP contribution in [0.5, 0.6) is 5.75 Å². The number of hydrogen-bond donors (Lipinski definition) is 1. The van der Waals surface area contributed by atoms with E-state index in [2.05, 4.69) is 15.9 Å². The highest BCUT2D eigenvalue weighted by Crippen LogP contribution is 2.30. The van der Waals surface area contributed by atoms with Gasteiger partial charge in [0.05, 0.1) is 13.7 Å². The van der Waals surface area contributed by atoms with Crippen molar-refractivity contribution in [3.63, 3.8) is 0 Å². The van der Waals surface area contributed by atoms with Crippen molar-refractivity contribution in [1.82, 2.24) is 5.06 Å². The summed E-state index contributed by atoms with van der Waals surface area (Å²) in [5.41, 5.74) is 2.02. The van der Waals surface area contributed by atoms with E-state index in [-0.39, 0.29) is 0 Å². The van der Waals surface area contributed by atoms with E-state index in [0.29, 0.717) is 6.54 Å². The predicted molar refractivity (Wildman–Crippen MR) is 58.7 cm³/mol. The van der Waals surface area contributed by atoms with Crippen LogP contribution in [0.4, 0.5) is 0 Å². The van der Waals surface area contributed by atoms with E-state index in [1.165, 1.54) is 0 Å². The number of hydroxylamine groups is 2. The first-order chi connectivity index (χ1) is 6.56. The molecule has 0 saturated carbocycles. The lowest BCUT2D eigenvalue weighted by molar-refractivity contribution is -0.0737. The van der Waals surface area contributed by atoms with Crippen LogP contribution >= 0.6 is 15.9 Å². The second-order valence-electron chi connectivity index (χ2n) is 3.19. The summed E-state index contributed by atoms with van der Waals surface area (Å²) in [4.78, 5) is 0. The fraction of sp³-hybridized carbons (Fsp3) is 0.400. The Hall–Kier alpha value is -0.580. The highest BCUT2D eigenvalue weighted by molar-refractivity contribution is 9.10. The molecule has 1 rings (SSSR count). The maximum Gasteiger partial charge on any atom is 0.127 e. The Morgan fingerprint density at radius 1 is 1.50 bits per heavy atom. The fourth-order valence-electron chi connectivity index (χ4n) is 1.38. The summed E-state index contributed by atoms with van der Waals surface area (Å²) in [6, 6.07) is 3.93. The average molecular weight is 260 g/mol. The molecule has 14 heavy (non-hydrogen) atoms. The van der Waals surface area contributed by atoms with Gasteiger partial charge in [-0.25, -0.2) is 0 Å². The molecule has 0 saturated heterocycles. The van der Waals surface area contributed by atoms with Gasteiger partial charge >= 0.3 is 0 Å². The van der Waals surface area contributed by atoms with Gasteiger partial charge in [-0.2, -0.15) is 5.06 Å². The first-order valence-corrected chi connectivity index (χ1v) is 5.07. The smallest absolute Gasteiger partial charge is 0.127 e. The fourth-order valence-corrected chi connectivity index (χ4v) is 1.82. The van der Waals surface area contributed by atoms with Crippen molar-refractivity contribution in [2.75, 3.05) is 14.2 Å². The van der Waals surface area contributed by atoms with Gasteiger partial charge in [0.25, 0.3) is 0 Å². The molecule has 4 heteroatoms. The molecule has 0 heterocycles. The molecule has 0 aliphatic heterocycles. The predicted octanol–water partition coefficient (Wildman–Crippen LogP) is 2.59. The normalized spacial score (nSPS) is 10.7. The lowest BCUT2D eigenvalue weighted by Gasteiger charge is -2.15. The number of rotatable bonds is 3. The Kier molecular flexibility index (Phi) is 3.92. The largest absolute Gasteiger partial charge is 0.496 e. The zero-order valence-corrected chi connectivity index (χ0v) is 10.1. The number of benzene rings is 1. The summed E-state index contributed by atoms with van der Waals surface area (Å²) in [6.07, 6.45) is 0. The molecule has 0 amide bonds. The van der Waals surface area contributed by atoms with Crippen LogP contribution < -0.4 is 4.74 Å². The summed E-state index contributed by atoms with van der Waals surface area (Å²) in [7, 11) is 3.24. The molecular weight excluding hydrogens is 246 g/mol. The number of methoxy groups -OCH3 is 1. The van der Waals surface area contributed by atoms with Crippen LogP contribution in [-0.4, -0.2) is 24.4 Å². The van der Waals surface area contributed by atoms with Gasteiger partial charge in [-0.1, -0.05) is 22.0 Å². The van der Waals surface area contributed by atoms with Crippen LogP contribution in [0.15, 0.2) is 16.6 Å². The third kappa shape index (κ3) is 2.47. The molecule has 1 aromatic rings. The molecule has 1 N–H and O–H groups in total. The highest BCUT2D eigenvalue weighted by Gasteiger charge is 2.11. The number of halogens is 1. The van der Waals surface area contributed by atoms with Crippen LogP contribution in [0.3, 0.4) is 0 Å². The third-order valence-electron chi connectivity index (χ3n) is 1.99. The average Bonchev–Trinajstić information content (AvgIpc) is 2.11. The minimum absolute atomic E-state index is 0.436. The molecule has 0 aliphatic rings. The Labute approximate surface area is 92.4 Å². The number of aryl methyl sites for hydroxylation is 1. The van der Waals surface area contributed by atoms with Crippen LogP contribution in [0.25, 0.3) is 0 Å². The molecule has 1 aromatic carbocycles. The molecule has 0 bridgehead atoms. The highest BCUT2D eigenvalue weighted by atomic mass is 79.9. The molecule has 3 nitrogen and oxygen atoms in total. The van der Waals surface area contributed by atoms with E-state index < -0.39 is 0 Å². The van der Waals surface area contributed by atoms with Crippen LogP contribution in [0.1, 0.15) is 11.1 Å². The maximum absolute atomic E-state index is 9.20. The van der Waals surface area contributed by atoms with Gasteiger partial charge in [-0.3, -0.25) is 0 Å². The van der Waals surface area contributed by atoms with E-state index in [0.717, 1.165) is 26.4 Å². The summed E-state index contributed by atoms with van der Waals surface area (Å²) < 4.78 is 6.24.